The molecule has 0 bridgehead atoms. The van der Waals surface area contributed by atoms with E-state index in [1.54, 1.807) is 50.4 Å². The molecule has 1 aromatic carbocycles. The zero-order valence-corrected chi connectivity index (χ0v) is 12.5. The van der Waals surface area contributed by atoms with Gasteiger partial charge in [0.2, 0.25) is 0 Å². The monoisotopic (exact) mass is 306 g/mol. The lowest BCUT2D eigenvalue weighted by Gasteiger charge is -2.08. The van der Waals surface area contributed by atoms with E-state index in [0.29, 0.717) is 22.3 Å². The number of benzene rings is 1. The van der Waals surface area contributed by atoms with Gasteiger partial charge in [-0.2, -0.15) is 0 Å². The number of carbonyl (C=O) groups is 1. The van der Waals surface area contributed by atoms with Gasteiger partial charge in [0.05, 0.1) is 17.8 Å². The fourth-order valence-electron chi connectivity index (χ4n) is 1.61. The molecule has 1 N–H and O–H groups in total. The lowest BCUT2D eigenvalue weighted by molar-refractivity contribution is -0.118. The van der Waals surface area contributed by atoms with E-state index in [2.05, 4.69) is 10.3 Å². The van der Waals surface area contributed by atoms with Gasteiger partial charge in [0.15, 0.2) is 6.61 Å². The van der Waals surface area contributed by atoms with Crippen LogP contribution in [0.2, 0.25) is 5.02 Å². The number of aryl methyl sites for hydroxylation is 1. The van der Waals surface area contributed by atoms with Gasteiger partial charge in [-0.1, -0.05) is 11.6 Å². The zero-order valence-electron chi connectivity index (χ0n) is 11.7. The molecule has 0 radical (unpaired) electrons. The summed E-state index contributed by atoms with van der Waals surface area (Å²) in [4.78, 5) is 15.9. The number of methoxy groups -OCH3 is 1. The number of rotatable bonds is 5. The molecule has 1 amide bonds. The van der Waals surface area contributed by atoms with Crippen LogP contribution in [-0.2, 0) is 4.79 Å². The standard InChI is InChI=1S/C15H15ClN2O3/c1-10-13(16)7-8-14(17-10)18-15(19)9-21-12-5-3-11(20-2)4-6-12/h3-8H,9H2,1-2H3,(H,17,18,19). The fraction of sp³-hybridized carbons (Fsp3) is 0.200. The number of ether oxygens (including phenoxy) is 2. The normalized spacial score (nSPS) is 10.0. The summed E-state index contributed by atoms with van der Waals surface area (Å²) in [7, 11) is 1.59. The molecule has 2 rings (SSSR count). The second-order valence-electron chi connectivity index (χ2n) is 4.28. The molecule has 6 heteroatoms. The third-order valence-electron chi connectivity index (χ3n) is 2.72. The number of anilines is 1. The first-order valence-corrected chi connectivity index (χ1v) is 6.66. The number of nitrogens with one attached hydrogen (secondary N) is 1. The highest BCUT2D eigenvalue weighted by Crippen LogP contribution is 2.17. The lowest BCUT2D eigenvalue weighted by atomic mass is 10.3. The number of hydrogen-bond acceptors (Lipinski definition) is 4. The Morgan fingerprint density at radius 3 is 2.48 bits per heavy atom. The number of pyridine rings is 1. The first-order chi connectivity index (χ1) is 10.1. The van der Waals surface area contributed by atoms with E-state index < -0.39 is 0 Å². The van der Waals surface area contributed by atoms with Gasteiger partial charge in [0.25, 0.3) is 5.91 Å². The Morgan fingerprint density at radius 2 is 1.86 bits per heavy atom. The molecule has 0 saturated heterocycles. The molecule has 2 aromatic rings. The molecule has 0 saturated carbocycles. The minimum Gasteiger partial charge on any atom is -0.497 e. The van der Waals surface area contributed by atoms with E-state index in [1.165, 1.54) is 0 Å². The molecule has 0 unspecified atom stereocenters. The molecule has 0 aliphatic rings. The van der Waals surface area contributed by atoms with Gasteiger partial charge in [-0.05, 0) is 43.3 Å². The van der Waals surface area contributed by atoms with Crippen molar-refractivity contribution in [3.63, 3.8) is 0 Å². The highest BCUT2D eigenvalue weighted by atomic mass is 35.5. The number of nitrogens with zero attached hydrogens (tertiary/aromatic N) is 1. The van der Waals surface area contributed by atoms with E-state index in [0.717, 1.165) is 5.75 Å². The summed E-state index contributed by atoms with van der Waals surface area (Å²) < 4.78 is 10.4. The predicted molar refractivity (Wildman–Crippen MR) is 81.1 cm³/mol. The van der Waals surface area contributed by atoms with Crippen LogP contribution in [0.5, 0.6) is 11.5 Å². The summed E-state index contributed by atoms with van der Waals surface area (Å²) >= 11 is 5.87. The number of aromatic nitrogens is 1. The Balaban J connectivity index is 1.87. The maximum absolute atomic E-state index is 11.8. The van der Waals surface area contributed by atoms with Crippen molar-refractivity contribution in [3.8, 4) is 11.5 Å². The van der Waals surface area contributed by atoms with Crippen LogP contribution in [0.3, 0.4) is 0 Å². The first-order valence-electron chi connectivity index (χ1n) is 6.28. The predicted octanol–water partition coefficient (Wildman–Crippen LogP) is 3.07. The molecule has 21 heavy (non-hydrogen) atoms. The van der Waals surface area contributed by atoms with Crippen LogP contribution < -0.4 is 14.8 Å². The number of hydrogen-bond donors (Lipinski definition) is 1. The van der Waals surface area contributed by atoms with Crippen molar-refractivity contribution in [1.29, 1.82) is 0 Å². The van der Waals surface area contributed by atoms with Crippen LogP contribution in [0.25, 0.3) is 0 Å². The van der Waals surface area contributed by atoms with Crippen molar-refractivity contribution in [2.75, 3.05) is 19.0 Å². The smallest absolute Gasteiger partial charge is 0.263 e. The van der Waals surface area contributed by atoms with Crippen molar-refractivity contribution >= 4 is 23.3 Å². The van der Waals surface area contributed by atoms with Crippen LogP contribution in [0.1, 0.15) is 5.69 Å². The van der Waals surface area contributed by atoms with E-state index in [4.69, 9.17) is 21.1 Å². The third-order valence-corrected chi connectivity index (χ3v) is 3.12. The highest BCUT2D eigenvalue weighted by Gasteiger charge is 2.06. The SMILES string of the molecule is COc1ccc(OCC(=O)Nc2ccc(Cl)c(C)n2)cc1. The van der Waals surface area contributed by atoms with Crippen LogP contribution in [0.4, 0.5) is 5.82 Å². The second-order valence-corrected chi connectivity index (χ2v) is 4.68. The summed E-state index contributed by atoms with van der Waals surface area (Å²) in [6.45, 7) is 1.67. The Labute approximate surface area is 127 Å². The number of carbonyl (C=O) groups excluding carboxylic acids is 1. The fourth-order valence-corrected chi connectivity index (χ4v) is 1.72. The van der Waals surface area contributed by atoms with Gasteiger partial charge in [-0.25, -0.2) is 4.98 Å². The van der Waals surface area contributed by atoms with Crippen LogP contribution in [0, 0.1) is 6.92 Å². The molecule has 0 spiro atoms. The van der Waals surface area contributed by atoms with Crippen molar-refractivity contribution in [2.45, 2.75) is 6.92 Å². The Kier molecular flexibility index (Phi) is 5.00. The van der Waals surface area contributed by atoms with Gasteiger partial charge in [0, 0.05) is 0 Å². The van der Waals surface area contributed by atoms with Crippen molar-refractivity contribution in [1.82, 2.24) is 4.98 Å². The minimum absolute atomic E-state index is 0.102. The van der Waals surface area contributed by atoms with Gasteiger partial charge < -0.3 is 14.8 Å². The van der Waals surface area contributed by atoms with Gasteiger partial charge >= 0.3 is 0 Å². The van der Waals surface area contributed by atoms with E-state index in [9.17, 15) is 4.79 Å². The average molecular weight is 307 g/mol. The average Bonchev–Trinajstić information content (AvgIpc) is 2.49. The highest BCUT2D eigenvalue weighted by molar-refractivity contribution is 6.31. The molecule has 1 aromatic heterocycles. The van der Waals surface area contributed by atoms with Crippen molar-refractivity contribution in [2.24, 2.45) is 0 Å². The van der Waals surface area contributed by atoms with Gasteiger partial charge in [0.1, 0.15) is 17.3 Å². The molecular formula is C15H15ClN2O3. The molecular weight excluding hydrogens is 292 g/mol. The summed E-state index contributed by atoms with van der Waals surface area (Å²) in [5, 5.41) is 3.20. The maximum atomic E-state index is 11.8. The molecule has 0 atom stereocenters. The Bertz CT molecular complexity index is 629. The molecule has 0 aliphatic heterocycles. The summed E-state index contributed by atoms with van der Waals surface area (Å²) in [6, 6.07) is 10.3. The topological polar surface area (TPSA) is 60.5 Å². The van der Waals surface area contributed by atoms with E-state index in [-0.39, 0.29) is 12.5 Å². The molecule has 0 aliphatic carbocycles. The molecule has 0 fully saturated rings. The Morgan fingerprint density at radius 1 is 1.19 bits per heavy atom. The first kappa shape index (κ1) is 15.1. The number of amides is 1. The maximum Gasteiger partial charge on any atom is 0.263 e. The summed E-state index contributed by atoms with van der Waals surface area (Å²) in [5.41, 5.74) is 0.658. The molecule has 1 heterocycles. The van der Waals surface area contributed by atoms with Crippen LogP contribution in [0.15, 0.2) is 36.4 Å². The quantitative estimate of drug-likeness (QED) is 0.922. The van der Waals surface area contributed by atoms with Gasteiger partial charge in [-0.3, -0.25) is 4.79 Å². The van der Waals surface area contributed by atoms with Crippen molar-refractivity contribution < 1.29 is 14.3 Å². The van der Waals surface area contributed by atoms with Crippen LogP contribution in [-0.4, -0.2) is 24.6 Å². The van der Waals surface area contributed by atoms with E-state index in [1.807, 2.05) is 0 Å². The third kappa shape index (κ3) is 4.36. The van der Waals surface area contributed by atoms with E-state index >= 15 is 0 Å². The summed E-state index contributed by atoms with van der Waals surface area (Å²) in [6.07, 6.45) is 0. The largest absolute Gasteiger partial charge is 0.497 e. The second kappa shape index (κ2) is 6.95. The molecule has 110 valence electrons. The van der Waals surface area contributed by atoms with Crippen molar-refractivity contribution in [3.05, 3.63) is 47.1 Å². The number of halogens is 1. The lowest BCUT2D eigenvalue weighted by Crippen LogP contribution is -2.20. The zero-order chi connectivity index (χ0) is 15.2. The molecule has 5 nitrogen and oxygen atoms in total. The van der Waals surface area contributed by atoms with Gasteiger partial charge in [-0.15, -0.1) is 0 Å². The minimum atomic E-state index is -0.292. The van der Waals surface area contributed by atoms with Crippen LogP contribution >= 0.6 is 11.6 Å². The Hall–Kier alpha value is -2.27. The summed E-state index contributed by atoms with van der Waals surface area (Å²) in [5.74, 6) is 1.47.